The summed E-state index contributed by atoms with van der Waals surface area (Å²) in [6, 6.07) is 13.2. The van der Waals surface area contributed by atoms with Crippen LogP contribution in [0.15, 0.2) is 42.5 Å². The fourth-order valence-electron chi connectivity index (χ4n) is 1.88. The number of pyridine rings is 1. The van der Waals surface area contributed by atoms with Gasteiger partial charge in [-0.15, -0.1) is 0 Å². The highest BCUT2D eigenvalue weighted by Crippen LogP contribution is 2.20. The molecule has 0 bridgehead atoms. The highest BCUT2D eigenvalue weighted by atomic mass is 16.6. The molecule has 1 aromatic heterocycles. The lowest BCUT2D eigenvalue weighted by Gasteiger charge is -2.18. The van der Waals surface area contributed by atoms with Crippen LogP contribution in [0.1, 0.15) is 11.3 Å². The average Bonchev–Trinajstić information content (AvgIpc) is 2.39. The van der Waals surface area contributed by atoms with E-state index in [0.717, 1.165) is 5.82 Å². The third-order valence-corrected chi connectivity index (χ3v) is 2.89. The van der Waals surface area contributed by atoms with Crippen LogP contribution >= 0.6 is 0 Å². The van der Waals surface area contributed by atoms with Crippen LogP contribution in [0.5, 0.6) is 0 Å². The predicted octanol–water partition coefficient (Wildman–Crippen LogP) is 2.93. The molecule has 0 amide bonds. The summed E-state index contributed by atoms with van der Waals surface area (Å²) in [6.07, 6.45) is 0. The molecule has 1 aromatic carbocycles. The number of benzene rings is 1. The normalized spacial score (nSPS) is 10.2. The van der Waals surface area contributed by atoms with Gasteiger partial charge < -0.3 is 4.90 Å². The molecule has 2 aromatic rings. The highest BCUT2D eigenvalue weighted by Gasteiger charge is 2.13. The minimum atomic E-state index is -0.413. The monoisotopic (exact) mass is 257 g/mol. The molecule has 5 heteroatoms. The SMILES string of the molecule is Cc1nc(N(C)Cc2ccccc2)ccc1[N+](=O)[O-]. The second kappa shape index (κ2) is 5.48. The first-order valence-electron chi connectivity index (χ1n) is 5.95. The molecule has 0 unspecified atom stereocenters. The van der Waals surface area contributed by atoms with E-state index in [1.807, 2.05) is 42.3 Å². The summed E-state index contributed by atoms with van der Waals surface area (Å²) in [5.74, 6) is 0.729. The first-order chi connectivity index (χ1) is 9.08. The number of hydrogen-bond donors (Lipinski definition) is 0. The third kappa shape index (κ3) is 3.07. The molecule has 0 aliphatic heterocycles. The smallest absolute Gasteiger partial charge is 0.290 e. The van der Waals surface area contributed by atoms with Crippen LogP contribution < -0.4 is 4.90 Å². The number of aromatic nitrogens is 1. The molecule has 0 N–H and O–H groups in total. The predicted molar refractivity (Wildman–Crippen MR) is 74.2 cm³/mol. The molecule has 98 valence electrons. The van der Waals surface area contributed by atoms with Crippen molar-refractivity contribution in [3.63, 3.8) is 0 Å². The number of aryl methyl sites for hydroxylation is 1. The van der Waals surface area contributed by atoms with Gasteiger partial charge in [-0.2, -0.15) is 0 Å². The third-order valence-electron chi connectivity index (χ3n) is 2.89. The summed E-state index contributed by atoms with van der Waals surface area (Å²) in [6.45, 7) is 2.36. The van der Waals surface area contributed by atoms with Crippen LogP contribution in [-0.2, 0) is 6.54 Å². The molecule has 2 rings (SSSR count). The molecule has 0 aliphatic rings. The summed E-state index contributed by atoms with van der Waals surface area (Å²) in [5, 5.41) is 10.7. The van der Waals surface area contributed by atoms with Gasteiger partial charge in [0.1, 0.15) is 11.5 Å². The van der Waals surface area contributed by atoms with Crippen LogP contribution in [0.25, 0.3) is 0 Å². The van der Waals surface area contributed by atoms with Crippen molar-refractivity contribution in [1.82, 2.24) is 4.98 Å². The van der Waals surface area contributed by atoms with Crippen LogP contribution in [0.3, 0.4) is 0 Å². The molecule has 0 aliphatic carbocycles. The number of nitro groups is 1. The molecule has 0 fully saturated rings. The van der Waals surface area contributed by atoms with E-state index in [1.54, 1.807) is 13.0 Å². The van der Waals surface area contributed by atoms with Gasteiger partial charge in [0.15, 0.2) is 0 Å². The first-order valence-corrected chi connectivity index (χ1v) is 5.95. The Labute approximate surface area is 111 Å². The van der Waals surface area contributed by atoms with Gasteiger partial charge in [0.2, 0.25) is 0 Å². The van der Waals surface area contributed by atoms with Crippen molar-refractivity contribution in [2.75, 3.05) is 11.9 Å². The summed E-state index contributed by atoms with van der Waals surface area (Å²) in [4.78, 5) is 16.6. The van der Waals surface area contributed by atoms with Crippen molar-refractivity contribution in [3.8, 4) is 0 Å². The average molecular weight is 257 g/mol. The van der Waals surface area contributed by atoms with E-state index < -0.39 is 4.92 Å². The topological polar surface area (TPSA) is 59.3 Å². The van der Waals surface area contributed by atoms with Gasteiger partial charge in [0.25, 0.3) is 5.69 Å². The maximum absolute atomic E-state index is 10.7. The molecule has 0 saturated heterocycles. The Morgan fingerprint density at radius 3 is 2.47 bits per heavy atom. The second-order valence-electron chi connectivity index (χ2n) is 4.37. The van der Waals surface area contributed by atoms with E-state index in [2.05, 4.69) is 4.98 Å². The summed E-state index contributed by atoms with van der Waals surface area (Å²) >= 11 is 0. The highest BCUT2D eigenvalue weighted by molar-refractivity contribution is 5.46. The van der Waals surface area contributed by atoms with Crippen molar-refractivity contribution in [2.45, 2.75) is 13.5 Å². The number of rotatable bonds is 4. The van der Waals surface area contributed by atoms with Crippen molar-refractivity contribution in [3.05, 3.63) is 63.8 Å². The summed E-state index contributed by atoms with van der Waals surface area (Å²) in [7, 11) is 1.92. The molecule has 0 atom stereocenters. The zero-order chi connectivity index (χ0) is 13.8. The Balaban J connectivity index is 2.18. The zero-order valence-electron chi connectivity index (χ0n) is 10.9. The second-order valence-corrected chi connectivity index (χ2v) is 4.37. The lowest BCUT2D eigenvalue weighted by atomic mass is 10.2. The molecule has 19 heavy (non-hydrogen) atoms. The molecular formula is C14H15N3O2. The van der Waals surface area contributed by atoms with Gasteiger partial charge in [0.05, 0.1) is 4.92 Å². The van der Waals surface area contributed by atoms with Crippen LogP contribution in [-0.4, -0.2) is 17.0 Å². The summed E-state index contributed by atoms with van der Waals surface area (Å²) < 4.78 is 0. The minimum absolute atomic E-state index is 0.0526. The fourth-order valence-corrected chi connectivity index (χ4v) is 1.88. The van der Waals surface area contributed by atoms with E-state index in [0.29, 0.717) is 12.2 Å². The molecule has 1 heterocycles. The number of anilines is 1. The maximum Gasteiger partial charge on any atom is 0.290 e. The summed E-state index contributed by atoms with van der Waals surface area (Å²) in [5.41, 5.74) is 1.65. The van der Waals surface area contributed by atoms with E-state index in [4.69, 9.17) is 0 Å². The van der Waals surface area contributed by atoms with Crippen LogP contribution in [0.2, 0.25) is 0 Å². The van der Waals surface area contributed by atoms with Gasteiger partial charge in [-0.05, 0) is 18.6 Å². The Morgan fingerprint density at radius 1 is 1.21 bits per heavy atom. The Hall–Kier alpha value is -2.43. The standard InChI is InChI=1S/C14H15N3O2/c1-11-13(17(18)19)8-9-14(15-11)16(2)10-12-6-4-3-5-7-12/h3-9H,10H2,1-2H3. The van der Waals surface area contributed by atoms with Gasteiger partial charge in [0, 0.05) is 19.7 Å². The van der Waals surface area contributed by atoms with Gasteiger partial charge in [-0.3, -0.25) is 10.1 Å². The van der Waals surface area contributed by atoms with Gasteiger partial charge >= 0.3 is 0 Å². The Kier molecular flexibility index (Phi) is 3.75. The molecule has 0 saturated carbocycles. The van der Waals surface area contributed by atoms with Crippen molar-refractivity contribution in [2.24, 2.45) is 0 Å². The van der Waals surface area contributed by atoms with E-state index in [-0.39, 0.29) is 5.69 Å². The van der Waals surface area contributed by atoms with Gasteiger partial charge in [-0.1, -0.05) is 30.3 Å². The van der Waals surface area contributed by atoms with Crippen molar-refractivity contribution in [1.29, 1.82) is 0 Å². The molecule has 0 radical (unpaired) electrons. The van der Waals surface area contributed by atoms with Crippen molar-refractivity contribution < 1.29 is 4.92 Å². The molecule has 5 nitrogen and oxygen atoms in total. The van der Waals surface area contributed by atoms with Crippen molar-refractivity contribution >= 4 is 11.5 Å². The molecular weight excluding hydrogens is 242 g/mol. The number of hydrogen-bond acceptors (Lipinski definition) is 4. The minimum Gasteiger partial charge on any atom is -0.355 e. The fraction of sp³-hybridized carbons (Fsp3) is 0.214. The maximum atomic E-state index is 10.7. The largest absolute Gasteiger partial charge is 0.355 e. The lowest BCUT2D eigenvalue weighted by molar-refractivity contribution is -0.385. The Bertz CT molecular complexity index is 584. The number of nitrogens with zero attached hydrogens (tertiary/aromatic N) is 3. The van der Waals surface area contributed by atoms with E-state index in [9.17, 15) is 10.1 Å². The lowest BCUT2D eigenvalue weighted by Crippen LogP contribution is -2.18. The quantitative estimate of drug-likeness (QED) is 0.624. The van der Waals surface area contributed by atoms with Gasteiger partial charge in [-0.25, -0.2) is 4.98 Å². The Morgan fingerprint density at radius 2 is 1.89 bits per heavy atom. The van der Waals surface area contributed by atoms with Crippen LogP contribution in [0.4, 0.5) is 11.5 Å². The first kappa shape index (κ1) is 13.0. The molecule has 0 spiro atoms. The van der Waals surface area contributed by atoms with Crippen LogP contribution in [0, 0.1) is 17.0 Å². The zero-order valence-corrected chi connectivity index (χ0v) is 10.9. The van der Waals surface area contributed by atoms with E-state index >= 15 is 0 Å². The van der Waals surface area contributed by atoms with E-state index in [1.165, 1.54) is 11.6 Å².